The topological polar surface area (TPSA) is 42.2 Å². The van der Waals surface area contributed by atoms with E-state index in [-0.39, 0.29) is 0 Å². The summed E-state index contributed by atoms with van der Waals surface area (Å²) in [5, 5.41) is 7.66. The molecule has 3 heterocycles. The molecule has 0 spiro atoms. The van der Waals surface area contributed by atoms with Gasteiger partial charge in [0.1, 0.15) is 11.3 Å². The normalized spacial score (nSPS) is 11.2. The smallest absolute Gasteiger partial charge is 0.187 e. The fourth-order valence-electron chi connectivity index (χ4n) is 2.36. The first kappa shape index (κ1) is 16.9. The summed E-state index contributed by atoms with van der Waals surface area (Å²) >= 11 is 25.8. The molecule has 0 aliphatic carbocycles. The van der Waals surface area contributed by atoms with Crippen LogP contribution in [0.15, 0.2) is 42.0 Å². The second-order valence-corrected chi connectivity index (χ2v) is 7.67. The zero-order valence-corrected chi connectivity index (χ0v) is 16.1. The van der Waals surface area contributed by atoms with Gasteiger partial charge in [-0.1, -0.05) is 46.4 Å². The third-order valence-electron chi connectivity index (χ3n) is 3.47. The predicted octanol–water partition coefficient (Wildman–Crippen LogP) is 6.82. The van der Waals surface area contributed by atoms with Gasteiger partial charge in [-0.2, -0.15) is 0 Å². The third kappa shape index (κ3) is 3.30. The summed E-state index contributed by atoms with van der Waals surface area (Å²) in [5.41, 5.74) is 2.97. The van der Waals surface area contributed by atoms with Gasteiger partial charge in [-0.25, -0.2) is 9.97 Å². The fraction of sp³-hybridized carbons (Fsp3) is 0. The molecule has 1 N–H and O–H groups in total. The number of imidazole rings is 1. The summed E-state index contributed by atoms with van der Waals surface area (Å²) in [6.07, 6.45) is 3.56. The first-order chi connectivity index (χ1) is 12.0. The molecule has 0 fully saturated rings. The quantitative estimate of drug-likeness (QED) is 0.388. The minimum absolute atomic E-state index is 0.427. The van der Waals surface area contributed by atoms with Crippen LogP contribution in [0.3, 0.4) is 0 Å². The molecule has 126 valence electrons. The molecule has 0 bridgehead atoms. The number of aromatic nitrogens is 3. The maximum Gasteiger partial charge on any atom is 0.187 e. The van der Waals surface area contributed by atoms with E-state index in [1.54, 1.807) is 30.6 Å². The summed E-state index contributed by atoms with van der Waals surface area (Å²) < 4.78 is 1.89. The molecule has 1 aromatic carbocycles. The molecule has 9 heteroatoms. The molecule has 0 radical (unpaired) electrons. The van der Waals surface area contributed by atoms with Crippen LogP contribution in [0.2, 0.25) is 20.1 Å². The van der Waals surface area contributed by atoms with E-state index in [4.69, 9.17) is 46.4 Å². The van der Waals surface area contributed by atoms with Gasteiger partial charge in [0.2, 0.25) is 0 Å². The van der Waals surface area contributed by atoms with E-state index in [1.807, 2.05) is 15.8 Å². The average molecular weight is 430 g/mol. The van der Waals surface area contributed by atoms with E-state index in [1.165, 1.54) is 11.3 Å². The van der Waals surface area contributed by atoms with Crippen molar-refractivity contribution >= 4 is 74.2 Å². The summed E-state index contributed by atoms with van der Waals surface area (Å²) in [6.45, 7) is 0. The number of halogens is 4. The number of benzene rings is 1. The molecule has 0 atom stereocenters. The molecule has 0 saturated heterocycles. The van der Waals surface area contributed by atoms with E-state index in [0.29, 0.717) is 30.9 Å². The molecule has 0 amide bonds. The lowest BCUT2D eigenvalue weighted by molar-refractivity contribution is 1.18. The Morgan fingerprint density at radius 2 is 1.76 bits per heavy atom. The Bertz CT molecular complexity index is 1070. The molecule has 0 aliphatic heterocycles. The molecule has 3 aromatic heterocycles. The van der Waals surface area contributed by atoms with Gasteiger partial charge in [-0.05, 0) is 24.3 Å². The summed E-state index contributed by atoms with van der Waals surface area (Å²) in [7, 11) is 0. The number of nitrogens with zero attached hydrogens (tertiary/aromatic N) is 3. The zero-order valence-electron chi connectivity index (χ0n) is 12.3. The highest BCUT2D eigenvalue weighted by molar-refractivity contribution is 7.14. The van der Waals surface area contributed by atoms with Crippen LogP contribution in [0, 0.1) is 0 Å². The third-order valence-corrected chi connectivity index (χ3v) is 5.27. The van der Waals surface area contributed by atoms with Crippen LogP contribution in [0.25, 0.3) is 17.0 Å². The van der Waals surface area contributed by atoms with Crippen molar-refractivity contribution in [3.05, 3.63) is 62.1 Å². The number of nitrogens with one attached hydrogen (secondary N) is 1. The molecular formula is C16H8Cl4N4S. The van der Waals surface area contributed by atoms with Gasteiger partial charge in [0.15, 0.2) is 5.13 Å². The SMILES string of the molecule is Clc1cc(Cl)c(Nc2nc(-c3cnc4ccc(Cl)cn34)cs2)c(Cl)c1. The van der Waals surface area contributed by atoms with Crippen LogP contribution in [-0.2, 0) is 0 Å². The largest absolute Gasteiger partial charge is 0.329 e. The number of thiazole rings is 1. The van der Waals surface area contributed by atoms with Crippen molar-refractivity contribution in [1.29, 1.82) is 0 Å². The number of fused-ring (bicyclic) bond motifs is 1. The Labute approximate surface area is 167 Å². The lowest BCUT2D eigenvalue weighted by atomic mass is 10.3. The molecule has 25 heavy (non-hydrogen) atoms. The monoisotopic (exact) mass is 428 g/mol. The summed E-state index contributed by atoms with van der Waals surface area (Å²) in [5.74, 6) is 0. The maximum absolute atomic E-state index is 6.20. The van der Waals surface area contributed by atoms with Gasteiger partial charge in [-0.3, -0.25) is 4.40 Å². The predicted molar refractivity (Wildman–Crippen MR) is 106 cm³/mol. The second-order valence-electron chi connectivity index (χ2n) is 5.13. The fourth-order valence-corrected chi connectivity index (χ4v) is 4.14. The number of hydrogen-bond donors (Lipinski definition) is 1. The highest BCUT2D eigenvalue weighted by Crippen LogP contribution is 2.37. The summed E-state index contributed by atoms with van der Waals surface area (Å²) in [6, 6.07) is 6.90. The van der Waals surface area contributed by atoms with Crippen molar-refractivity contribution in [2.75, 3.05) is 5.32 Å². The van der Waals surface area contributed by atoms with E-state index < -0.39 is 0 Å². The van der Waals surface area contributed by atoms with Crippen molar-refractivity contribution in [3.63, 3.8) is 0 Å². The van der Waals surface area contributed by atoms with E-state index in [9.17, 15) is 0 Å². The molecule has 4 nitrogen and oxygen atoms in total. The van der Waals surface area contributed by atoms with Crippen LogP contribution in [0.1, 0.15) is 0 Å². The van der Waals surface area contributed by atoms with Crippen molar-refractivity contribution in [2.45, 2.75) is 0 Å². The highest BCUT2D eigenvalue weighted by atomic mass is 35.5. The first-order valence-corrected chi connectivity index (χ1v) is 9.40. The molecule has 0 aliphatic rings. The number of pyridine rings is 1. The average Bonchev–Trinajstić information content (AvgIpc) is 3.16. The standard InChI is InChI=1S/C16H8Cl4N4S/c17-8-1-2-14-21-5-13(24(14)6-8)12-7-25-16(22-12)23-15-10(19)3-9(18)4-11(15)20/h1-7H,(H,22,23). The lowest BCUT2D eigenvalue weighted by Gasteiger charge is -2.08. The minimum Gasteiger partial charge on any atom is -0.329 e. The van der Waals surface area contributed by atoms with Gasteiger partial charge in [-0.15, -0.1) is 11.3 Å². The van der Waals surface area contributed by atoms with Crippen LogP contribution in [0.5, 0.6) is 0 Å². The van der Waals surface area contributed by atoms with Crippen molar-refractivity contribution < 1.29 is 0 Å². The van der Waals surface area contributed by atoms with Crippen molar-refractivity contribution in [1.82, 2.24) is 14.4 Å². The van der Waals surface area contributed by atoms with Crippen LogP contribution < -0.4 is 5.32 Å². The van der Waals surface area contributed by atoms with Crippen molar-refractivity contribution in [3.8, 4) is 11.4 Å². The number of rotatable bonds is 3. The second kappa shape index (κ2) is 6.67. The van der Waals surface area contributed by atoms with Crippen molar-refractivity contribution in [2.24, 2.45) is 0 Å². The number of anilines is 2. The first-order valence-electron chi connectivity index (χ1n) is 7.01. The highest BCUT2D eigenvalue weighted by Gasteiger charge is 2.13. The Morgan fingerprint density at radius 3 is 2.52 bits per heavy atom. The van der Waals surface area contributed by atoms with Gasteiger partial charge in [0.05, 0.1) is 32.6 Å². The Hall–Kier alpha value is -1.50. The number of hydrogen-bond acceptors (Lipinski definition) is 4. The lowest BCUT2D eigenvalue weighted by Crippen LogP contribution is -1.93. The van der Waals surface area contributed by atoms with Gasteiger partial charge in [0.25, 0.3) is 0 Å². The summed E-state index contributed by atoms with van der Waals surface area (Å²) in [4.78, 5) is 8.94. The van der Waals surface area contributed by atoms with E-state index in [0.717, 1.165) is 17.0 Å². The Morgan fingerprint density at radius 1 is 1.00 bits per heavy atom. The maximum atomic E-state index is 6.20. The molecular weight excluding hydrogens is 422 g/mol. The molecule has 4 aromatic rings. The molecule has 0 unspecified atom stereocenters. The van der Waals surface area contributed by atoms with E-state index in [2.05, 4.69) is 15.3 Å². The molecule has 4 rings (SSSR count). The Kier molecular flexibility index (Phi) is 4.52. The van der Waals surface area contributed by atoms with E-state index >= 15 is 0 Å². The van der Waals surface area contributed by atoms with Crippen LogP contribution in [0.4, 0.5) is 10.8 Å². The van der Waals surface area contributed by atoms with Gasteiger partial charge < -0.3 is 5.32 Å². The van der Waals surface area contributed by atoms with Crippen LogP contribution in [-0.4, -0.2) is 14.4 Å². The molecule has 0 saturated carbocycles. The Balaban J connectivity index is 1.70. The van der Waals surface area contributed by atoms with Gasteiger partial charge in [0, 0.05) is 16.6 Å². The van der Waals surface area contributed by atoms with Gasteiger partial charge >= 0.3 is 0 Å². The minimum atomic E-state index is 0.427. The van der Waals surface area contributed by atoms with Crippen LogP contribution >= 0.6 is 57.7 Å². The zero-order chi connectivity index (χ0) is 17.6.